The number of nitrogens with one attached hydrogen (secondary N) is 1. The maximum Gasteiger partial charge on any atom is 0.494 e. The number of rotatable bonds is 4. The molecule has 0 bridgehead atoms. The molecule has 1 N–H and O–H groups in total. The molecule has 4 rings (SSSR count). The van der Waals surface area contributed by atoms with Crippen molar-refractivity contribution >= 4 is 29.9 Å². The Hall–Kier alpha value is -2.31. The number of nitrogens with zero attached hydrogens (tertiary/aromatic N) is 1. The van der Waals surface area contributed by atoms with E-state index in [9.17, 15) is 4.79 Å². The monoisotopic (exact) mass is 392 g/mol. The molecule has 2 aromatic carbocycles. The Labute approximate surface area is 173 Å². The lowest BCUT2D eigenvalue weighted by molar-refractivity contribution is 0.00578. The van der Waals surface area contributed by atoms with Crippen molar-refractivity contribution in [2.45, 2.75) is 51.7 Å². The van der Waals surface area contributed by atoms with Gasteiger partial charge in [0.05, 0.1) is 11.2 Å². The van der Waals surface area contributed by atoms with Gasteiger partial charge in [0.25, 0.3) is 5.91 Å². The van der Waals surface area contributed by atoms with Crippen LogP contribution >= 0.6 is 0 Å². The third-order valence-corrected chi connectivity index (χ3v) is 6.25. The fraction of sp³-hybridized carbons (Fsp3) is 0.435. The van der Waals surface area contributed by atoms with E-state index < -0.39 is 18.3 Å². The molecular formula is C23H29BN2O3. The van der Waals surface area contributed by atoms with E-state index in [-0.39, 0.29) is 5.91 Å². The van der Waals surface area contributed by atoms with Crippen LogP contribution in [0.5, 0.6) is 0 Å². The van der Waals surface area contributed by atoms with E-state index in [1.165, 1.54) is 12.8 Å². The molecule has 0 atom stereocenters. The molecule has 0 radical (unpaired) electrons. The first kappa shape index (κ1) is 20.0. The number of anilines is 2. The average Bonchev–Trinajstić information content (AvgIpc) is 3.29. The average molecular weight is 392 g/mol. The topological polar surface area (TPSA) is 50.8 Å². The van der Waals surface area contributed by atoms with Crippen LogP contribution < -0.4 is 15.7 Å². The lowest BCUT2D eigenvalue weighted by Crippen LogP contribution is -2.41. The summed E-state index contributed by atoms with van der Waals surface area (Å²) in [4.78, 5) is 15.2. The summed E-state index contributed by atoms with van der Waals surface area (Å²) in [6.45, 7) is 10.3. The molecule has 0 aliphatic carbocycles. The van der Waals surface area contributed by atoms with Gasteiger partial charge < -0.3 is 19.5 Å². The standard InChI is InChI=1S/C23H29BN2O3/c1-22(2)23(3,4)29-24(28-22)18-10-7-9-17(15-18)21(27)25-19-11-8-12-20(16-19)26-13-5-6-14-26/h7-12,15-16H,5-6,13-14H2,1-4H3,(H,25,27). The van der Waals surface area contributed by atoms with Gasteiger partial charge in [0.1, 0.15) is 0 Å². The predicted molar refractivity (Wildman–Crippen MR) is 118 cm³/mol. The van der Waals surface area contributed by atoms with E-state index >= 15 is 0 Å². The van der Waals surface area contributed by atoms with Gasteiger partial charge >= 0.3 is 7.12 Å². The van der Waals surface area contributed by atoms with Crippen molar-refractivity contribution in [3.63, 3.8) is 0 Å². The third kappa shape index (κ3) is 4.05. The number of amides is 1. The van der Waals surface area contributed by atoms with Crippen molar-refractivity contribution in [1.82, 2.24) is 0 Å². The zero-order chi connectivity index (χ0) is 20.6. The summed E-state index contributed by atoms with van der Waals surface area (Å²) in [6.07, 6.45) is 2.45. The summed E-state index contributed by atoms with van der Waals surface area (Å²) in [5.74, 6) is -0.137. The van der Waals surface area contributed by atoms with Gasteiger partial charge in [-0.15, -0.1) is 0 Å². The Morgan fingerprint density at radius 2 is 1.62 bits per heavy atom. The fourth-order valence-electron chi connectivity index (χ4n) is 3.76. The van der Waals surface area contributed by atoms with Crippen molar-refractivity contribution in [2.24, 2.45) is 0 Å². The Bertz CT molecular complexity index is 891. The van der Waals surface area contributed by atoms with E-state index in [0.29, 0.717) is 5.56 Å². The molecule has 6 heteroatoms. The van der Waals surface area contributed by atoms with Crippen LogP contribution in [0, 0.1) is 0 Å². The summed E-state index contributed by atoms with van der Waals surface area (Å²) < 4.78 is 12.2. The van der Waals surface area contributed by atoms with Gasteiger partial charge in [-0.2, -0.15) is 0 Å². The Kier molecular flexibility index (Phi) is 5.17. The van der Waals surface area contributed by atoms with Gasteiger partial charge in [-0.05, 0) is 76.3 Å². The quantitative estimate of drug-likeness (QED) is 0.804. The molecule has 0 saturated carbocycles. The molecule has 29 heavy (non-hydrogen) atoms. The van der Waals surface area contributed by atoms with Gasteiger partial charge in [-0.1, -0.05) is 18.2 Å². The number of hydrogen-bond donors (Lipinski definition) is 1. The summed E-state index contributed by atoms with van der Waals surface area (Å²) in [5, 5.41) is 3.03. The lowest BCUT2D eigenvalue weighted by atomic mass is 9.78. The fourth-order valence-corrected chi connectivity index (χ4v) is 3.76. The molecule has 2 heterocycles. The molecule has 0 spiro atoms. The molecule has 2 fully saturated rings. The Balaban J connectivity index is 1.49. The molecule has 0 unspecified atom stereocenters. The lowest BCUT2D eigenvalue weighted by Gasteiger charge is -2.32. The highest BCUT2D eigenvalue weighted by Gasteiger charge is 2.51. The van der Waals surface area contributed by atoms with Gasteiger partial charge in [0.2, 0.25) is 0 Å². The van der Waals surface area contributed by atoms with E-state index in [1.54, 1.807) is 0 Å². The van der Waals surface area contributed by atoms with Crippen molar-refractivity contribution in [3.05, 3.63) is 54.1 Å². The number of benzene rings is 2. The highest BCUT2D eigenvalue weighted by Crippen LogP contribution is 2.36. The molecule has 2 aliphatic heterocycles. The van der Waals surface area contributed by atoms with Crippen LogP contribution in [-0.2, 0) is 9.31 Å². The first-order valence-corrected chi connectivity index (χ1v) is 10.4. The third-order valence-electron chi connectivity index (χ3n) is 6.25. The second kappa shape index (κ2) is 7.50. The minimum atomic E-state index is -0.480. The molecule has 2 aromatic rings. The second-order valence-electron chi connectivity index (χ2n) is 8.91. The van der Waals surface area contributed by atoms with Crippen LogP contribution in [0.25, 0.3) is 0 Å². The van der Waals surface area contributed by atoms with Crippen LogP contribution in [0.2, 0.25) is 0 Å². The van der Waals surface area contributed by atoms with Crippen LogP contribution in [0.15, 0.2) is 48.5 Å². The molecule has 2 aliphatic rings. The number of hydrogen-bond acceptors (Lipinski definition) is 4. The molecule has 1 amide bonds. The minimum absolute atomic E-state index is 0.137. The summed E-state index contributed by atoms with van der Waals surface area (Å²) in [7, 11) is -0.480. The molecule has 2 saturated heterocycles. The zero-order valence-corrected chi connectivity index (χ0v) is 17.7. The van der Waals surface area contributed by atoms with Gasteiger partial charge in [0.15, 0.2) is 0 Å². The molecule has 0 aromatic heterocycles. The summed E-state index contributed by atoms with van der Waals surface area (Å²) in [5.41, 5.74) is 2.58. The van der Waals surface area contributed by atoms with E-state index in [4.69, 9.17) is 9.31 Å². The van der Waals surface area contributed by atoms with Crippen LogP contribution in [-0.4, -0.2) is 37.3 Å². The highest BCUT2D eigenvalue weighted by atomic mass is 16.7. The number of carbonyl (C=O) groups is 1. The van der Waals surface area contributed by atoms with Crippen LogP contribution in [0.4, 0.5) is 11.4 Å². The SMILES string of the molecule is CC1(C)OB(c2cccc(C(=O)Nc3cccc(N4CCCC4)c3)c2)OC1(C)C. The minimum Gasteiger partial charge on any atom is -0.399 e. The van der Waals surface area contributed by atoms with Crippen LogP contribution in [0.1, 0.15) is 50.9 Å². The van der Waals surface area contributed by atoms with E-state index in [1.807, 2.05) is 70.2 Å². The van der Waals surface area contributed by atoms with Crippen molar-refractivity contribution in [3.8, 4) is 0 Å². The van der Waals surface area contributed by atoms with Crippen molar-refractivity contribution < 1.29 is 14.1 Å². The summed E-state index contributed by atoms with van der Waals surface area (Å²) in [6, 6.07) is 15.5. The Morgan fingerprint density at radius 1 is 0.966 bits per heavy atom. The number of carbonyl (C=O) groups excluding carboxylic acids is 1. The molecule has 5 nitrogen and oxygen atoms in total. The second-order valence-corrected chi connectivity index (χ2v) is 8.91. The van der Waals surface area contributed by atoms with Gasteiger partial charge in [-0.3, -0.25) is 4.79 Å². The smallest absolute Gasteiger partial charge is 0.399 e. The van der Waals surface area contributed by atoms with Crippen molar-refractivity contribution in [1.29, 1.82) is 0 Å². The Morgan fingerprint density at radius 3 is 2.31 bits per heavy atom. The maximum absolute atomic E-state index is 12.9. The summed E-state index contributed by atoms with van der Waals surface area (Å²) >= 11 is 0. The predicted octanol–water partition coefficient (Wildman–Crippen LogP) is 3.84. The van der Waals surface area contributed by atoms with Gasteiger partial charge in [0, 0.05) is 30.0 Å². The zero-order valence-electron chi connectivity index (χ0n) is 17.7. The first-order chi connectivity index (χ1) is 13.7. The highest BCUT2D eigenvalue weighted by molar-refractivity contribution is 6.62. The first-order valence-electron chi connectivity index (χ1n) is 10.4. The van der Waals surface area contributed by atoms with E-state index in [0.717, 1.165) is 29.9 Å². The van der Waals surface area contributed by atoms with E-state index in [2.05, 4.69) is 16.3 Å². The maximum atomic E-state index is 12.9. The van der Waals surface area contributed by atoms with Crippen LogP contribution in [0.3, 0.4) is 0 Å². The van der Waals surface area contributed by atoms with Crippen molar-refractivity contribution in [2.75, 3.05) is 23.3 Å². The molecule has 152 valence electrons. The van der Waals surface area contributed by atoms with Gasteiger partial charge in [-0.25, -0.2) is 0 Å². The largest absolute Gasteiger partial charge is 0.494 e. The molecular weight excluding hydrogens is 363 g/mol. The normalized spacial score (nSPS) is 20.1.